The van der Waals surface area contributed by atoms with Crippen molar-refractivity contribution in [2.45, 2.75) is 33.2 Å². The number of rotatable bonds is 4. The van der Waals surface area contributed by atoms with Gasteiger partial charge >= 0.3 is 0 Å². The topological polar surface area (TPSA) is 32.3 Å². The predicted octanol–water partition coefficient (Wildman–Crippen LogP) is 5.31. The second-order valence-corrected chi connectivity index (χ2v) is 8.02. The third-order valence-electron chi connectivity index (χ3n) is 5.80. The molecule has 1 amide bonds. The second-order valence-electron chi connectivity index (χ2n) is 8.02. The van der Waals surface area contributed by atoms with Crippen molar-refractivity contribution < 1.29 is 4.79 Å². The minimum Gasteiger partial charge on any atom is -0.326 e. The van der Waals surface area contributed by atoms with E-state index < -0.39 is 0 Å². The lowest BCUT2D eigenvalue weighted by Gasteiger charge is -2.32. The van der Waals surface area contributed by atoms with Crippen molar-refractivity contribution in [2.24, 2.45) is 5.92 Å². The summed E-state index contributed by atoms with van der Waals surface area (Å²) in [6, 6.07) is 21.3. The Kier molecular flexibility index (Phi) is 5.45. The van der Waals surface area contributed by atoms with Crippen LogP contribution in [0.15, 0.2) is 60.7 Å². The first kappa shape index (κ1) is 18.7. The number of nitrogens with one attached hydrogen (secondary N) is 1. The highest BCUT2D eigenvalue weighted by Gasteiger charge is 2.26. The lowest BCUT2D eigenvalue weighted by molar-refractivity contribution is -0.121. The summed E-state index contributed by atoms with van der Waals surface area (Å²) in [5.74, 6) is 0.194. The van der Waals surface area contributed by atoms with Crippen LogP contribution >= 0.6 is 0 Å². The zero-order valence-corrected chi connectivity index (χ0v) is 16.7. The van der Waals surface area contributed by atoms with Gasteiger partial charge in [0.1, 0.15) is 0 Å². The van der Waals surface area contributed by atoms with E-state index in [-0.39, 0.29) is 11.8 Å². The van der Waals surface area contributed by atoms with E-state index in [1.165, 1.54) is 21.9 Å². The second kappa shape index (κ2) is 8.15. The summed E-state index contributed by atoms with van der Waals surface area (Å²) in [4.78, 5) is 15.3. The molecule has 4 rings (SSSR count). The van der Waals surface area contributed by atoms with Crippen LogP contribution in [-0.2, 0) is 11.3 Å². The Labute approximate surface area is 167 Å². The van der Waals surface area contributed by atoms with Gasteiger partial charge in [-0.05, 0) is 66.8 Å². The minimum atomic E-state index is 0.0450. The van der Waals surface area contributed by atoms with Gasteiger partial charge in [-0.2, -0.15) is 0 Å². The van der Waals surface area contributed by atoms with E-state index in [2.05, 4.69) is 77.8 Å². The van der Waals surface area contributed by atoms with Crippen LogP contribution in [0.1, 0.15) is 29.5 Å². The van der Waals surface area contributed by atoms with Crippen molar-refractivity contribution in [3.05, 3.63) is 77.4 Å². The fourth-order valence-corrected chi connectivity index (χ4v) is 4.19. The third kappa shape index (κ3) is 4.10. The summed E-state index contributed by atoms with van der Waals surface area (Å²) < 4.78 is 0. The summed E-state index contributed by atoms with van der Waals surface area (Å²) >= 11 is 0. The highest BCUT2D eigenvalue weighted by atomic mass is 16.1. The van der Waals surface area contributed by atoms with E-state index in [0.29, 0.717) is 0 Å². The average molecular weight is 373 g/mol. The zero-order chi connectivity index (χ0) is 19.5. The molecule has 1 fully saturated rings. The zero-order valence-electron chi connectivity index (χ0n) is 16.7. The number of amides is 1. The SMILES string of the molecule is Cc1ccc(C)c(NC(=O)C2CCCN(Cc3cccc4ccccc34)C2)c1. The van der Waals surface area contributed by atoms with E-state index in [0.717, 1.165) is 43.7 Å². The smallest absolute Gasteiger partial charge is 0.228 e. The summed E-state index contributed by atoms with van der Waals surface area (Å²) in [6.07, 6.45) is 2.03. The summed E-state index contributed by atoms with van der Waals surface area (Å²) in [6.45, 7) is 6.87. The first-order chi connectivity index (χ1) is 13.6. The van der Waals surface area contributed by atoms with E-state index in [4.69, 9.17) is 0 Å². The van der Waals surface area contributed by atoms with Crippen LogP contribution in [0.4, 0.5) is 5.69 Å². The third-order valence-corrected chi connectivity index (χ3v) is 5.80. The van der Waals surface area contributed by atoms with Crippen molar-refractivity contribution in [2.75, 3.05) is 18.4 Å². The van der Waals surface area contributed by atoms with Gasteiger partial charge in [0.05, 0.1) is 5.92 Å². The largest absolute Gasteiger partial charge is 0.326 e. The van der Waals surface area contributed by atoms with Gasteiger partial charge in [-0.3, -0.25) is 9.69 Å². The number of nitrogens with zero attached hydrogens (tertiary/aromatic N) is 1. The quantitative estimate of drug-likeness (QED) is 0.673. The Balaban J connectivity index is 1.45. The van der Waals surface area contributed by atoms with E-state index >= 15 is 0 Å². The van der Waals surface area contributed by atoms with Gasteiger partial charge in [0.2, 0.25) is 5.91 Å². The maximum atomic E-state index is 12.9. The molecule has 0 spiro atoms. The maximum Gasteiger partial charge on any atom is 0.228 e. The predicted molar refractivity (Wildman–Crippen MR) is 116 cm³/mol. The number of carbonyl (C=O) groups excluding carboxylic acids is 1. The van der Waals surface area contributed by atoms with Crippen LogP contribution in [0, 0.1) is 19.8 Å². The van der Waals surface area contributed by atoms with Gasteiger partial charge < -0.3 is 5.32 Å². The molecule has 1 heterocycles. The first-order valence-corrected chi connectivity index (χ1v) is 10.2. The molecule has 28 heavy (non-hydrogen) atoms. The Morgan fingerprint density at radius 2 is 1.89 bits per heavy atom. The number of fused-ring (bicyclic) bond motifs is 1. The highest BCUT2D eigenvalue weighted by molar-refractivity contribution is 5.93. The molecule has 3 aromatic carbocycles. The van der Waals surface area contributed by atoms with E-state index in [1.807, 2.05) is 6.92 Å². The molecule has 1 atom stereocenters. The Bertz CT molecular complexity index is 990. The van der Waals surface area contributed by atoms with Crippen molar-refractivity contribution in [1.82, 2.24) is 4.90 Å². The molecule has 1 aliphatic rings. The number of benzene rings is 3. The number of hydrogen-bond acceptors (Lipinski definition) is 2. The average Bonchev–Trinajstić information content (AvgIpc) is 2.71. The number of carbonyl (C=O) groups is 1. The molecule has 1 saturated heterocycles. The lowest BCUT2D eigenvalue weighted by atomic mass is 9.95. The fourth-order valence-electron chi connectivity index (χ4n) is 4.19. The van der Waals surface area contributed by atoms with Gasteiger partial charge in [-0.1, -0.05) is 54.6 Å². The monoisotopic (exact) mass is 372 g/mol. The molecular weight excluding hydrogens is 344 g/mol. The molecule has 0 bridgehead atoms. The normalized spacial score (nSPS) is 17.6. The summed E-state index contributed by atoms with van der Waals surface area (Å²) in [7, 11) is 0. The molecule has 1 unspecified atom stereocenters. The van der Waals surface area contributed by atoms with Gasteiger partial charge in [0, 0.05) is 18.8 Å². The highest BCUT2D eigenvalue weighted by Crippen LogP contribution is 2.25. The molecule has 3 heteroatoms. The number of hydrogen-bond donors (Lipinski definition) is 1. The molecule has 3 aromatic rings. The van der Waals surface area contributed by atoms with Crippen LogP contribution in [0.2, 0.25) is 0 Å². The van der Waals surface area contributed by atoms with Gasteiger partial charge in [-0.25, -0.2) is 0 Å². The molecular formula is C25H28N2O. The van der Waals surface area contributed by atoms with E-state index in [9.17, 15) is 4.79 Å². The van der Waals surface area contributed by atoms with Crippen molar-refractivity contribution in [1.29, 1.82) is 0 Å². The van der Waals surface area contributed by atoms with Gasteiger partial charge in [-0.15, -0.1) is 0 Å². The number of likely N-dealkylation sites (tertiary alicyclic amines) is 1. The number of piperidine rings is 1. The van der Waals surface area contributed by atoms with Crippen molar-refractivity contribution in [3.8, 4) is 0 Å². The van der Waals surface area contributed by atoms with Crippen LogP contribution in [0.25, 0.3) is 10.8 Å². The molecule has 0 aromatic heterocycles. The number of aryl methyl sites for hydroxylation is 2. The molecule has 3 nitrogen and oxygen atoms in total. The van der Waals surface area contributed by atoms with Crippen LogP contribution in [0.5, 0.6) is 0 Å². The van der Waals surface area contributed by atoms with Gasteiger partial charge in [0.15, 0.2) is 0 Å². The fraction of sp³-hybridized carbons (Fsp3) is 0.320. The maximum absolute atomic E-state index is 12.9. The standard InChI is InChI=1S/C25H28N2O/c1-18-12-13-19(2)24(15-18)26-25(28)22-10-6-14-27(17-22)16-21-9-5-8-20-7-3-4-11-23(20)21/h3-5,7-9,11-13,15,22H,6,10,14,16-17H2,1-2H3,(H,26,28). The Morgan fingerprint density at radius 1 is 1.07 bits per heavy atom. The lowest BCUT2D eigenvalue weighted by Crippen LogP contribution is -2.40. The van der Waals surface area contributed by atoms with Crippen molar-refractivity contribution >= 4 is 22.4 Å². The molecule has 0 radical (unpaired) electrons. The Hall–Kier alpha value is -2.65. The Morgan fingerprint density at radius 3 is 2.79 bits per heavy atom. The molecule has 144 valence electrons. The summed E-state index contributed by atoms with van der Waals surface area (Å²) in [5, 5.41) is 5.76. The van der Waals surface area contributed by atoms with E-state index in [1.54, 1.807) is 0 Å². The molecule has 0 saturated carbocycles. The van der Waals surface area contributed by atoms with Crippen LogP contribution in [0.3, 0.4) is 0 Å². The van der Waals surface area contributed by atoms with Gasteiger partial charge in [0.25, 0.3) is 0 Å². The number of anilines is 1. The minimum absolute atomic E-state index is 0.0450. The molecule has 1 aliphatic heterocycles. The van der Waals surface area contributed by atoms with Crippen molar-refractivity contribution in [3.63, 3.8) is 0 Å². The summed E-state index contributed by atoms with van der Waals surface area (Å²) in [5.41, 5.74) is 4.56. The molecule has 0 aliphatic carbocycles. The molecule has 1 N–H and O–H groups in total. The van der Waals surface area contributed by atoms with Crippen LogP contribution in [-0.4, -0.2) is 23.9 Å². The van der Waals surface area contributed by atoms with Crippen LogP contribution < -0.4 is 5.32 Å². The first-order valence-electron chi connectivity index (χ1n) is 10.2.